The Balaban J connectivity index is 1.48. The lowest BCUT2D eigenvalue weighted by Crippen LogP contribution is -2.50. The van der Waals surface area contributed by atoms with Crippen LogP contribution in [0.25, 0.3) is 0 Å². The Hall–Kier alpha value is -1.83. The number of piperidine rings is 1. The number of halogens is 3. The molecule has 3 rings (SSSR count). The molecule has 138 valence electrons. The van der Waals surface area contributed by atoms with E-state index in [0.717, 1.165) is 12.3 Å². The fraction of sp³-hybridized carbons (Fsp3) is 0.647. The van der Waals surface area contributed by atoms with Gasteiger partial charge in [-0.1, -0.05) is 6.92 Å². The highest BCUT2D eigenvalue weighted by Crippen LogP contribution is 2.30. The first kappa shape index (κ1) is 18.0. The van der Waals surface area contributed by atoms with Crippen LogP contribution in [0.1, 0.15) is 25.3 Å². The monoisotopic (exact) mass is 357 g/mol. The Morgan fingerprint density at radius 1 is 1.36 bits per heavy atom. The van der Waals surface area contributed by atoms with Gasteiger partial charge in [-0.3, -0.25) is 4.79 Å². The van der Waals surface area contributed by atoms with Gasteiger partial charge in [0.1, 0.15) is 5.82 Å². The fourth-order valence-electron chi connectivity index (χ4n) is 3.11. The van der Waals surface area contributed by atoms with Crippen molar-refractivity contribution >= 4 is 11.7 Å². The first-order valence-electron chi connectivity index (χ1n) is 8.41. The molecule has 2 saturated heterocycles. The molecule has 0 unspecified atom stereocenters. The summed E-state index contributed by atoms with van der Waals surface area (Å²) in [5, 5.41) is 3.00. The smallest absolute Gasteiger partial charge is 0.380 e. The third-order valence-corrected chi connectivity index (χ3v) is 4.86. The third-order valence-electron chi connectivity index (χ3n) is 4.86. The number of carbonyl (C=O) groups excluding carboxylic acids is 1. The van der Waals surface area contributed by atoms with Crippen molar-refractivity contribution in [2.45, 2.75) is 25.9 Å². The van der Waals surface area contributed by atoms with E-state index in [0.29, 0.717) is 51.5 Å². The van der Waals surface area contributed by atoms with E-state index in [-0.39, 0.29) is 17.2 Å². The van der Waals surface area contributed by atoms with Crippen LogP contribution in [0.4, 0.5) is 19.0 Å². The summed E-state index contributed by atoms with van der Waals surface area (Å²) < 4.78 is 42.9. The largest absolute Gasteiger partial charge is 0.417 e. The van der Waals surface area contributed by atoms with Crippen molar-refractivity contribution in [2.24, 2.45) is 11.3 Å². The van der Waals surface area contributed by atoms with Crippen molar-refractivity contribution in [3.63, 3.8) is 0 Å². The molecule has 1 aromatic rings. The van der Waals surface area contributed by atoms with E-state index in [4.69, 9.17) is 4.74 Å². The van der Waals surface area contributed by atoms with Gasteiger partial charge < -0.3 is 15.0 Å². The molecule has 0 bridgehead atoms. The standard InChI is InChI=1S/C17H22F3N3O2/c1-16(10-25-11-16)9-22-15(24)12-4-6-23(7-5-12)14-3-2-13(8-21-14)17(18,19)20/h2-3,8,12H,4-7,9-11H2,1H3,(H,22,24). The average molecular weight is 357 g/mol. The maximum atomic E-state index is 12.6. The van der Waals surface area contributed by atoms with E-state index in [1.54, 1.807) is 0 Å². The van der Waals surface area contributed by atoms with Crippen LogP contribution >= 0.6 is 0 Å². The van der Waals surface area contributed by atoms with Gasteiger partial charge in [-0.25, -0.2) is 4.98 Å². The van der Waals surface area contributed by atoms with Gasteiger partial charge in [-0.15, -0.1) is 0 Å². The zero-order chi connectivity index (χ0) is 18.1. The molecule has 3 heterocycles. The normalized spacial score (nSPS) is 20.9. The number of alkyl halides is 3. The quantitative estimate of drug-likeness (QED) is 0.900. The first-order valence-corrected chi connectivity index (χ1v) is 8.41. The van der Waals surface area contributed by atoms with Gasteiger partial charge in [0.05, 0.1) is 18.8 Å². The summed E-state index contributed by atoms with van der Waals surface area (Å²) in [6.45, 7) is 5.26. The Bertz CT molecular complexity index is 607. The highest BCUT2D eigenvalue weighted by atomic mass is 19.4. The topological polar surface area (TPSA) is 54.5 Å². The Kier molecular flexibility index (Phi) is 4.90. The molecular weight excluding hydrogens is 335 g/mol. The van der Waals surface area contributed by atoms with Gasteiger partial charge in [0, 0.05) is 37.2 Å². The second-order valence-electron chi connectivity index (χ2n) is 7.19. The molecule has 1 N–H and O–H groups in total. The zero-order valence-corrected chi connectivity index (χ0v) is 14.1. The maximum absolute atomic E-state index is 12.6. The van der Waals surface area contributed by atoms with Crippen molar-refractivity contribution in [1.82, 2.24) is 10.3 Å². The lowest BCUT2D eigenvalue weighted by atomic mass is 9.88. The zero-order valence-electron chi connectivity index (χ0n) is 14.1. The summed E-state index contributed by atoms with van der Waals surface area (Å²) in [7, 11) is 0. The molecule has 8 heteroatoms. The SMILES string of the molecule is CC1(CNC(=O)C2CCN(c3ccc(C(F)(F)F)cn3)CC2)COC1. The molecular formula is C17H22F3N3O2. The molecule has 25 heavy (non-hydrogen) atoms. The van der Waals surface area contributed by atoms with Crippen LogP contribution in [0, 0.1) is 11.3 Å². The number of ether oxygens (including phenoxy) is 1. The lowest BCUT2D eigenvalue weighted by Gasteiger charge is -2.39. The van der Waals surface area contributed by atoms with Crippen molar-refractivity contribution in [3.8, 4) is 0 Å². The van der Waals surface area contributed by atoms with Crippen molar-refractivity contribution < 1.29 is 22.7 Å². The van der Waals surface area contributed by atoms with E-state index in [2.05, 4.69) is 17.2 Å². The minimum atomic E-state index is -4.38. The molecule has 5 nitrogen and oxygen atoms in total. The van der Waals surface area contributed by atoms with Gasteiger partial charge in [0.15, 0.2) is 0 Å². The number of nitrogens with one attached hydrogen (secondary N) is 1. The molecule has 0 spiro atoms. The molecule has 2 aliphatic heterocycles. The van der Waals surface area contributed by atoms with Crippen LogP contribution in [0.5, 0.6) is 0 Å². The van der Waals surface area contributed by atoms with Crippen LogP contribution in [0.2, 0.25) is 0 Å². The first-order chi connectivity index (χ1) is 11.8. The van der Waals surface area contributed by atoms with Crippen LogP contribution in [-0.2, 0) is 15.7 Å². The van der Waals surface area contributed by atoms with E-state index in [9.17, 15) is 18.0 Å². The maximum Gasteiger partial charge on any atom is 0.417 e. The van der Waals surface area contributed by atoms with Gasteiger partial charge in [0.2, 0.25) is 5.91 Å². The predicted molar refractivity (Wildman–Crippen MR) is 86.1 cm³/mol. The summed E-state index contributed by atoms with van der Waals surface area (Å²) in [5.41, 5.74) is -0.709. The number of nitrogens with zero attached hydrogens (tertiary/aromatic N) is 2. The highest BCUT2D eigenvalue weighted by Gasteiger charge is 2.35. The molecule has 0 radical (unpaired) electrons. The summed E-state index contributed by atoms with van der Waals surface area (Å²) in [5.74, 6) is 0.509. The highest BCUT2D eigenvalue weighted by molar-refractivity contribution is 5.79. The second kappa shape index (κ2) is 6.82. The van der Waals surface area contributed by atoms with Gasteiger partial charge in [0.25, 0.3) is 0 Å². The molecule has 2 aliphatic rings. The number of pyridine rings is 1. The number of rotatable bonds is 4. The van der Waals surface area contributed by atoms with Gasteiger partial charge >= 0.3 is 6.18 Å². The minimum absolute atomic E-state index is 0.0422. The molecule has 2 fully saturated rings. The van der Waals surface area contributed by atoms with Crippen molar-refractivity contribution in [2.75, 3.05) is 37.7 Å². The predicted octanol–water partition coefficient (Wildman–Crippen LogP) is 2.47. The van der Waals surface area contributed by atoms with E-state index < -0.39 is 11.7 Å². The summed E-state index contributed by atoms with van der Waals surface area (Å²) in [6.07, 6.45) is -2.18. The van der Waals surface area contributed by atoms with Crippen LogP contribution < -0.4 is 10.2 Å². The number of carbonyl (C=O) groups is 1. The Labute approximate surface area is 144 Å². The molecule has 0 saturated carbocycles. The fourth-order valence-corrected chi connectivity index (χ4v) is 3.11. The van der Waals surface area contributed by atoms with Crippen LogP contribution in [0.15, 0.2) is 18.3 Å². The number of anilines is 1. The minimum Gasteiger partial charge on any atom is -0.380 e. The van der Waals surface area contributed by atoms with E-state index in [1.165, 1.54) is 6.07 Å². The molecule has 0 aliphatic carbocycles. The summed E-state index contributed by atoms with van der Waals surface area (Å²) >= 11 is 0. The van der Waals surface area contributed by atoms with E-state index >= 15 is 0 Å². The Morgan fingerprint density at radius 2 is 2.04 bits per heavy atom. The molecule has 0 aromatic carbocycles. The summed E-state index contributed by atoms with van der Waals surface area (Å²) in [4.78, 5) is 18.1. The number of amides is 1. The third kappa shape index (κ3) is 4.23. The number of aromatic nitrogens is 1. The second-order valence-corrected chi connectivity index (χ2v) is 7.19. The number of hydrogen-bond donors (Lipinski definition) is 1. The average Bonchev–Trinajstić information content (AvgIpc) is 2.57. The van der Waals surface area contributed by atoms with Crippen LogP contribution in [-0.4, -0.2) is 43.7 Å². The lowest BCUT2D eigenvalue weighted by molar-refractivity contribution is -0.137. The van der Waals surface area contributed by atoms with E-state index in [1.807, 2.05) is 4.90 Å². The molecule has 1 amide bonds. The van der Waals surface area contributed by atoms with Gasteiger partial charge in [-0.05, 0) is 25.0 Å². The number of hydrogen-bond acceptors (Lipinski definition) is 4. The van der Waals surface area contributed by atoms with Crippen molar-refractivity contribution in [3.05, 3.63) is 23.9 Å². The van der Waals surface area contributed by atoms with Gasteiger partial charge in [-0.2, -0.15) is 13.2 Å². The molecule has 0 atom stereocenters. The molecule has 1 aromatic heterocycles. The van der Waals surface area contributed by atoms with Crippen molar-refractivity contribution in [1.29, 1.82) is 0 Å². The van der Waals surface area contributed by atoms with Crippen LogP contribution in [0.3, 0.4) is 0 Å². The summed E-state index contributed by atoms with van der Waals surface area (Å²) in [6, 6.07) is 2.43. The Morgan fingerprint density at radius 3 is 2.52 bits per heavy atom.